The topological polar surface area (TPSA) is 134 Å². The zero-order chi connectivity index (χ0) is 53.8. The van der Waals surface area contributed by atoms with Gasteiger partial charge in [0.05, 0.1) is 13.2 Å². The lowest BCUT2D eigenvalue weighted by molar-refractivity contribution is -0.161. The first kappa shape index (κ1) is 71.7. The molecule has 0 fully saturated rings. The molecule has 74 heavy (non-hydrogen) atoms. The smallest absolute Gasteiger partial charge is 0.462 e. The minimum absolute atomic E-state index is 0.0487. The number of unbranched alkanes of at least 4 members (excludes halogenated alkanes) is 36. The van der Waals surface area contributed by atoms with Crippen LogP contribution in [0, 0.1) is 0 Å². The standard InChI is InChI=1S/C64H118NO8P/c1-3-5-7-9-11-13-15-17-19-21-23-25-26-27-28-29-30-31-32-33-34-35-37-38-40-42-44-46-48-50-52-54-56-63(66)70-60-62(61-72-74(68,69)71-59-58-65)73-64(67)57-55-53-51-49-47-45-43-41-39-36-24-22-20-18-16-14-12-10-8-6-4-2/h6,8,12,14,18,20,24,36,41,43,62H,3-5,7,9-11,13,15-17,19,21-23,25-35,37-40,42,44-61,65H2,1-2H3,(H,68,69)/b8-6-,14-12-,20-18-,36-24-,43-41-. The van der Waals surface area contributed by atoms with Crippen molar-refractivity contribution >= 4 is 19.8 Å². The molecule has 0 heterocycles. The first-order chi connectivity index (χ1) is 36.3. The van der Waals surface area contributed by atoms with Crippen LogP contribution in [0.25, 0.3) is 0 Å². The van der Waals surface area contributed by atoms with Gasteiger partial charge < -0.3 is 20.1 Å². The van der Waals surface area contributed by atoms with Crippen LogP contribution in [0.3, 0.4) is 0 Å². The zero-order valence-corrected chi connectivity index (χ0v) is 49.2. The number of carbonyl (C=O) groups excluding carboxylic acids is 2. The Bertz CT molecular complexity index is 1390. The van der Waals surface area contributed by atoms with Crippen LogP contribution in [-0.4, -0.2) is 49.3 Å². The molecular formula is C64H118NO8P. The van der Waals surface area contributed by atoms with E-state index in [1.807, 2.05) is 0 Å². The van der Waals surface area contributed by atoms with Crippen molar-refractivity contribution in [1.29, 1.82) is 0 Å². The maximum Gasteiger partial charge on any atom is 0.472 e. The Morgan fingerprint density at radius 2 is 0.743 bits per heavy atom. The van der Waals surface area contributed by atoms with Gasteiger partial charge in [0.1, 0.15) is 6.61 Å². The number of phosphoric acid groups is 1. The molecule has 0 bridgehead atoms. The molecule has 0 saturated carbocycles. The van der Waals surface area contributed by atoms with Crippen LogP contribution in [0.1, 0.15) is 303 Å². The molecule has 0 saturated heterocycles. The van der Waals surface area contributed by atoms with Gasteiger partial charge >= 0.3 is 19.8 Å². The van der Waals surface area contributed by atoms with Gasteiger partial charge in [-0.25, -0.2) is 4.57 Å². The number of allylic oxidation sites excluding steroid dienone is 10. The number of hydrogen-bond donors (Lipinski definition) is 2. The molecule has 0 aromatic carbocycles. The quantitative estimate of drug-likeness (QED) is 0.0264. The molecule has 0 amide bonds. The van der Waals surface area contributed by atoms with Gasteiger partial charge in [0, 0.05) is 19.4 Å². The van der Waals surface area contributed by atoms with E-state index in [0.29, 0.717) is 6.42 Å². The van der Waals surface area contributed by atoms with Crippen molar-refractivity contribution in [2.45, 2.75) is 309 Å². The molecule has 2 atom stereocenters. The predicted molar refractivity (Wildman–Crippen MR) is 316 cm³/mol. The third kappa shape index (κ3) is 59.0. The summed E-state index contributed by atoms with van der Waals surface area (Å²) in [6, 6.07) is 0. The summed E-state index contributed by atoms with van der Waals surface area (Å²) >= 11 is 0. The van der Waals surface area contributed by atoms with Gasteiger partial charge in [0.25, 0.3) is 0 Å². The van der Waals surface area contributed by atoms with E-state index in [9.17, 15) is 19.0 Å². The third-order valence-electron chi connectivity index (χ3n) is 13.7. The molecule has 9 nitrogen and oxygen atoms in total. The minimum atomic E-state index is -4.40. The molecule has 3 N–H and O–H groups in total. The lowest BCUT2D eigenvalue weighted by Crippen LogP contribution is -2.29. The zero-order valence-electron chi connectivity index (χ0n) is 48.3. The summed E-state index contributed by atoms with van der Waals surface area (Å²) in [4.78, 5) is 35.2. The van der Waals surface area contributed by atoms with Crippen LogP contribution in [0.5, 0.6) is 0 Å². The first-order valence-corrected chi connectivity index (χ1v) is 32.8. The molecule has 2 unspecified atom stereocenters. The van der Waals surface area contributed by atoms with Crippen LogP contribution >= 0.6 is 7.82 Å². The summed E-state index contributed by atoms with van der Waals surface area (Å²) in [6.07, 6.45) is 75.9. The normalized spacial score (nSPS) is 13.4. The van der Waals surface area contributed by atoms with E-state index < -0.39 is 26.5 Å². The second kappa shape index (κ2) is 59.9. The number of phosphoric ester groups is 1. The first-order valence-electron chi connectivity index (χ1n) is 31.3. The Kier molecular flexibility index (Phi) is 58.1. The fourth-order valence-electron chi connectivity index (χ4n) is 9.08. The van der Waals surface area contributed by atoms with E-state index in [2.05, 4.69) is 74.6 Å². The van der Waals surface area contributed by atoms with Crippen LogP contribution < -0.4 is 5.73 Å². The van der Waals surface area contributed by atoms with E-state index in [1.54, 1.807) is 0 Å². The van der Waals surface area contributed by atoms with Gasteiger partial charge in [-0.05, 0) is 57.8 Å². The maximum atomic E-state index is 12.7. The van der Waals surface area contributed by atoms with Crippen molar-refractivity contribution in [2.24, 2.45) is 5.73 Å². The Morgan fingerprint density at radius 3 is 1.11 bits per heavy atom. The molecule has 0 radical (unpaired) electrons. The summed E-state index contributed by atoms with van der Waals surface area (Å²) in [7, 11) is -4.40. The molecule has 0 aromatic rings. The highest BCUT2D eigenvalue weighted by Gasteiger charge is 2.26. The summed E-state index contributed by atoms with van der Waals surface area (Å²) < 4.78 is 33.1. The van der Waals surface area contributed by atoms with Gasteiger partial charge in [0.2, 0.25) is 0 Å². The van der Waals surface area contributed by atoms with Crippen LogP contribution in [0.4, 0.5) is 0 Å². The predicted octanol–water partition coefficient (Wildman–Crippen LogP) is 19.9. The highest BCUT2D eigenvalue weighted by molar-refractivity contribution is 7.47. The molecule has 0 spiro atoms. The van der Waals surface area contributed by atoms with E-state index in [0.717, 1.165) is 83.5 Å². The highest BCUT2D eigenvalue weighted by atomic mass is 31.2. The molecule has 0 rings (SSSR count). The second-order valence-corrected chi connectivity index (χ2v) is 22.4. The number of nitrogens with two attached hydrogens (primary N) is 1. The number of ether oxygens (including phenoxy) is 2. The molecule has 10 heteroatoms. The lowest BCUT2D eigenvalue weighted by atomic mass is 10.0. The van der Waals surface area contributed by atoms with E-state index >= 15 is 0 Å². The van der Waals surface area contributed by atoms with Gasteiger partial charge in [-0.1, -0.05) is 293 Å². The third-order valence-corrected chi connectivity index (χ3v) is 14.7. The molecule has 0 aromatic heterocycles. The molecular weight excluding hydrogens is 942 g/mol. The fraction of sp³-hybridized carbons (Fsp3) is 0.812. The average molecular weight is 1060 g/mol. The van der Waals surface area contributed by atoms with Gasteiger partial charge in [-0.15, -0.1) is 0 Å². The van der Waals surface area contributed by atoms with Gasteiger partial charge in [0.15, 0.2) is 6.10 Å². The van der Waals surface area contributed by atoms with Crippen molar-refractivity contribution in [1.82, 2.24) is 0 Å². The molecule has 0 aliphatic heterocycles. The summed E-state index contributed by atoms with van der Waals surface area (Å²) in [5.74, 6) is -0.840. The van der Waals surface area contributed by atoms with Crippen molar-refractivity contribution in [3.8, 4) is 0 Å². The monoisotopic (exact) mass is 1060 g/mol. The summed E-state index contributed by atoms with van der Waals surface area (Å²) in [5.41, 5.74) is 5.38. The van der Waals surface area contributed by atoms with Crippen LogP contribution in [0.15, 0.2) is 60.8 Å². The lowest BCUT2D eigenvalue weighted by Gasteiger charge is -2.19. The van der Waals surface area contributed by atoms with Crippen molar-refractivity contribution in [3.63, 3.8) is 0 Å². The number of rotatable bonds is 59. The van der Waals surface area contributed by atoms with Crippen molar-refractivity contribution < 1.29 is 37.6 Å². The van der Waals surface area contributed by atoms with E-state index in [-0.39, 0.29) is 38.6 Å². The molecule has 432 valence electrons. The Balaban J connectivity index is 3.88. The number of carbonyl (C=O) groups is 2. The Labute approximate surface area is 457 Å². The summed E-state index contributed by atoms with van der Waals surface area (Å²) in [5, 5.41) is 0. The largest absolute Gasteiger partial charge is 0.472 e. The van der Waals surface area contributed by atoms with Crippen LogP contribution in [-0.2, 0) is 32.7 Å². The van der Waals surface area contributed by atoms with E-state index in [4.69, 9.17) is 24.3 Å². The minimum Gasteiger partial charge on any atom is -0.462 e. The molecule has 0 aliphatic rings. The Hall–Kier alpha value is -2.29. The summed E-state index contributed by atoms with van der Waals surface area (Å²) in [6.45, 7) is 3.65. The number of esters is 2. The SMILES string of the molecule is CC/C=C\C/C=C\C/C=C\C/C=C\C/C=C\CCCCCCCC(=O)OC(COC(=O)CCCCCCCCCCCCCCCCCCCCCCCCCCCCCCCCCC)COP(=O)(O)OCCN. The number of hydrogen-bond acceptors (Lipinski definition) is 8. The van der Waals surface area contributed by atoms with Gasteiger partial charge in [-0.3, -0.25) is 18.6 Å². The van der Waals surface area contributed by atoms with Crippen LogP contribution in [0.2, 0.25) is 0 Å². The van der Waals surface area contributed by atoms with Crippen molar-refractivity contribution in [2.75, 3.05) is 26.4 Å². The second-order valence-electron chi connectivity index (χ2n) is 20.9. The molecule has 0 aliphatic carbocycles. The van der Waals surface area contributed by atoms with Gasteiger partial charge in [-0.2, -0.15) is 0 Å². The fourth-order valence-corrected chi connectivity index (χ4v) is 9.84. The van der Waals surface area contributed by atoms with Crippen molar-refractivity contribution in [3.05, 3.63) is 60.8 Å². The maximum absolute atomic E-state index is 12.7. The Morgan fingerprint density at radius 1 is 0.419 bits per heavy atom. The highest BCUT2D eigenvalue weighted by Crippen LogP contribution is 2.43. The van der Waals surface area contributed by atoms with E-state index in [1.165, 1.54) is 186 Å². The average Bonchev–Trinajstić information content (AvgIpc) is 3.39.